The second kappa shape index (κ2) is 15.5. The van der Waals surface area contributed by atoms with Crippen molar-refractivity contribution in [2.75, 3.05) is 0 Å². The van der Waals surface area contributed by atoms with E-state index in [1.807, 2.05) is 0 Å². The molecule has 0 aliphatic heterocycles. The van der Waals surface area contributed by atoms with Crippen molar-refractivity contribution in [3.8, 4) is 34.9 Å². The van der Waals surface area contributed by atoms with E-state index in [0.29, 0.717) is 16.8 Å². The number of rotatable bonds is 4. The van der Waals surface area contributed by atoms with Gasteiger partial charge in [-0.1, -0.05) is 121 Å². The molecule has 7 heteroatoms. The molecule has 0 spiro atoms. The lowest BCUT2D eigenvalue weighted by atomic mass is 9.95. The van der Waals surface area contributed by atoms with Gasteiger partial charge < -0.3 is 18.3 Å². The first-order chi connectivity index (χ1) is 34.0. The van der Waals surface area contributed by atoms with Crippen molar-refractivity contribution in [2.24, 2.45) is 0 Å². The summed E-state index contributed by atoms with van der Waals surface area (Å²) in [6.45, 7) is 15.4. The largest absolute Gasteiger partial charge is 0.306 e. The highest BCUT2D eigenvalue weighted by molar-refractivity contribution is 14.1. The van der Waals surface area contributed by atoms with Crippen LogP contribution < -0.4 is 0 Å². The van der Waals surface area contributed by atoms with Gasteiger partial charge in [-0.05, 0) is 147 Å². The smallest absolute Gasteiger partial charge is 0.104 e. The average Bonchev–Trinajstić information content (AvgIpc) is 4.10. The second-order valence-electron chi connectivity index (χ2n) is 19.7. The zero-order valence-corrected chi connectivity index (χ0v) is 42.6. The molecule has 0 N–H and O–H groups in total. The molecule has 7 aromatic carbocycles. The van der Waals surface area contributed by atoms with Crippen LogP contribution in [0, 0.1) is 64.2 Å². The number of hydrogen-bond acceptors (Lipinski definition) is 2. The number of fused-ring (bicyclic) bond motifs is 12. The standard InChI is InChI=1S/C63H49IN6/c1-34-16-8-23-41-42-24-9-17-35(2)53(42)67(52(34)41)59-49(32-65)61(68-54-36(3)18-10-25-43(54)44-26-11-19-37(4)55(44)68)63(70-58-40(7)22-14-29-47(58)48-30-15-31-51(64)60(48)70)62(50(59)33-66)69-56-38(5)20-12-27-45(56)46-28-13-21-39(6)57(46)69/h8-12,14,16-27,29,31H,13,15,28,30H2,1-7H3. The number of aryl methyl sites for hydroxylation is 8. The number of nitrogens with zero attached hydrogens (tertiary/aromatic N) is 6. The normalized spacial score (nSPS) is 13.6. The molecule has 0 unspecified atom stereocenters. The molecule has 0 saturated carbocycles. The van der Waals surface area contributed by atoms with E-state index >= 15 is 0 Å². The van der Waals surface area contributed by atoms with E-state index in [2.05, 4.69) is 223 Å². The Balaban J connectivity index is 1.44. The lowest BCUT2D eigenvalue weighted by Gasteiger charge is -2.29. The van der Waals surface area contributed by atoms with E-state index in [0.717, 1.165) is 146 Å². The Kier molecular flexibility index (Phi) is 9.39. The van der Waals surface area contributed by atoms with Crippen LogP contribution in [0.1, 0.15) is 86.8 Å². The Hall–Kier alpha value is -7.59. The highest BCUT2D eigenvalue weighted by atomic mass is 127. The number of hydrogen-bond donors (Lipinski definition) is 0. The van der Waals surface area contributed by atoms with Crippen molar-refractivity contribution in [1.82, 2.24) is 18.3 Å². The summed E-state index contributed by atoms with van der Waals surface area (Å²) in [7, 11) is 0. The van der Waals surface area contributed by atoms with Gasteiger partial charge in [0, 0.05) is 35.9 Å². The van der Waals surface area contributed by atoms with Crippen molar-refractivity contribution < 1.29 is 0 Å². The SMILES string of the molecule is CC1=CCCc2c1n(-c1c(C#N)c(-n3c4c(C)cccc4c4cccc(C)c43)c(C#N)c(-n3c4c(C)cccc4c4cccc(C)c43)c1-n1c3c(c4cccc(C)c41)CCC=C3I)c1c(C)cccc21. The first-order valence-corrected chi connectivity index (χ1v) is 25.5. The fourth-order valence-electron chi connectivity index (χ4n) is 12.9. The summed E-state index contributed by atoms with van der Waals surface area (Å²) in [6.07, 6.45) is 8.35. The molecule has 0 amide bonds. The summed E-state index contributed by atoms with van der Waals surface area (Å²) in [5.41, 5.74) is 22.6. The molecule has 70 heavy (non-hydrogen) atoms. The predicted molar refractivity (Wildman–Crippen MR) is 299 cm³/mol. The third-order valence-electron chi connectivity index (χ3n) is 15.7. The Morgan fingerprint density at radius 1 is 0.386 bits per heavy atom. The maximum Gasteiger partial charge on any atom is 0.104 e. The summed E-state index contributed by atoms with van der Waals surface area (Å²) in [5, 5.41) is 32.0. The zero-order valence-electron chi connectivity index (χ0n) is 40.4. The molecule has 0 fully saturated rings. The quantitative estimate of drug-likeness (QED) is 0.165. The van der Waals surface area contributed by atoms with Crippen molar-refractivity contribution in [2.45, 2.75) is 74.1 Å². The Morgan fingerprint density at radius 3 is 1.13 bits per heavy atom. The molecular formula is C63H49IN6. The lowest BCUT2D eigenvalue weighted by molar-refractivity contribution is 0.923. The first kappa shape index (κ1) is 42.5. The van der Waals surface area contributed by atoms with Crippen molar-refractivity contribution >= 4 is 97.2 Å². The molecular weight excluding hydrogens is 968 g/mol. The highest BCUT2D eigenvalue weighted by Crippen LogP contribution is 2.52. The number of aromatic nitrogens is 4. The van der Waals surface area contributed by atoms with Crippen LogP contribution in [0.15, 0.2) is 121 Å². The third-order valence-corrected chi connectivity index (χ3v) is 16.6. The molecule has 6 nitrogen and oxygen atoms in total. The van der Waals surface area contributed by atoms with Crippen LogP contribution in [-0.2, 0) is 12.8 Å². The molecule has 4 aromatic heterocycles. The van der Waals surface area contributed by atoms with Gasteiger partial charge in [0.2, 0.25) is 0 Å². The van der Waals surface area contributed by atoms with E-state index < -0.39 is 0 Å². The number of para-hydroxylation sites is 6. The highest BCUT2D eigenvalue weighted by Gasteiger charge is 2.38. The van der Waals surface area contributed by atoms with Gasteiger partial charge in [0.1, 0.15) is 23.3 Å². The first-order valence-electron chi connectivity index (χ1n) is 24.4. The van der Waals surface area contributed by atoms with Crippen LogP contribution in [0.2, 0.25) is 0 Å². The van der Waals surface area contributed by atoms with Gasteiger partial charge in [0.25, 0.3) is 0 Å². The molecule has 13 rings (SSSR count). The number of benzene rings is 7. The maximum atomic E-state index is 12.6. The molecule has 2 aliphatic carbocycles. The maximum absolute atomic E-state index is 12.6. The predicted octanol–water partition coefficient (Wildman–Crippen LogP) is 16.4. The van der Waals surface area contributed by atoms with E-state index in [1.54, 1.807) is 0 Å². The van der Waals surface area contributed by atoms with Crippen LogP contribution >= 0.6 is 22.6 Å². The van der Waals surface area contributed by atoms with Crippen molar-refractivity contribution in [3.63, 3.8) is 0 Å². The van der Waals surface area contributed by atoms with E-state index in [1.165, 1.54) is 27.5 Å². The summed E-state index contributed by atoms with van der Waals surface area (Å²) in [4.78, 5) is 0. The lowest BCUT2D eigenvalue weighted by Crippen LogP contribution is -2.19. The molecule has 338 valence electrons. The van der Waals surface area contributed by atoms with Crippen LogP contribution in [0.25, 0.3) is 97.3 Å². The Labute approximate surface area is 420 Å². The summed E-state index contributed by atoms with van der Waals surface area (Å²) >= 11 is 2.55. The van der Waals surface area contributed by atoms with E-state index in [9.17, 15) is 10.5 Å². The molecule has 0 bridgehead atoms. The van der Waals surface area contributed by atoms with Crippen molar-refractivity contribution in [3.05, 3.63) is 188 Å². The van der Waals surface area contributed by atoms with Gasteiger partial charge in [-0.3, -0.25) is 0 Å². The number of allylic oxidation sites excluding steroid dienone is 3. The minimum absolute atomic E-state index is 0.444. The Morgan fingerprint density at radius 2 is 0.714 bits per heavy atom. The zero-order chi connectivity index (χ0) is 48.0. The van der Waals surface area contributed by atoms with Crippen LogP contribution in [0.5, 0.6) is 0 Å². The van der Waals surface area contributed by atoms with Crippen molar-refractivity contribution in [1.29, 1.82) is 10.5 Å². The number of halogens is 1. The fourth-order valence-corrected chi connectivity index (χ4v) is 13.8. The summed E-state index contributed by atoms with van der Waals surface area (Å²) < 4.78 is 10.8. The van der Waals surface area contributed by atoms with Gasteiger partial charge in [0.15, 0.2) is 0 Å². The summed E-state index contributed by atoms with van der Waals surface area (Å²) in [6, 6.07) is 45.3. The number of nitriles is 2. The molecule has 0 saturated heterocycles. The monoisotopic (exact) mass is 1020 g/mol. The van der Waals surface area contributed by atoms with Crippen LogP contribution in [0.4, 0.5) is 0 Å². The van der Waals surface area contributed by atoms with Crippen LogP contribution in [-0.4, -0.2) is 18.3 Å². The second-order valence-corrected chi connectivity index (χ2v) is 20.9. The van der Waals surface area contributed by atoms with Gasteiger partial charge in [-0.25, -0.2) is 0 Å². The fraction of sp³-hybridized carbons (Fsp3) is 0.175. The van der Waals surface area contributed by atoms with E-state index in [-0.39, 0.29) is 0 Å². The minimum Gasteiger partial charge on any atom is -0.306 e. The summed E-state index contributed by atoms with van der Waals surface area (Å²) in [5.74, 6) is 0. The van der Waals surface area contributed by atoms with Gasteiger partial charge in [-0.2, -0.15) is 10.5 Å². The topological polar surface area (TPSA) is 67.3 Å². The van der Waals surface area contributed by atoms with Gasteiger partial charge in [-0.15, -0.1) is 0 Å². The molecule has 4 heterocycles. The Bertz CT molecular complexity index is 4230. The molecule has 11 aromatic rings. The van der Waals surface area contributed by atoms with Gasteiger partial charge in [0.05, 0.1) is 67.2 Å². The minimum atomic E-state index is 0.444. The molecule has 2 aliphatic rings. The molecule has 0 atom stereocenters. The van der Waals surface area contributed by atoms with Gasteiger partial charge >= 0.3 is 0 Å². The third kappa shape index (κ3) is 5.53. The molecule has 0 radical (unpaired) electrons. The average molecular weight is 1020 g/mol. The van der Waals surface area contributed by atoms with Crippen LogP contribution in [0.3, 0.4) is 0 Å². The van der Waals surface area contributed by atoms with E-state index in [4.69, 9.17) is 0 Å².